The molecule has 0 aromatic heterocycles. The lowest BCUT2D eigenvalue weighted by Gasteiger charge is -2.18. The van der Waals surface area contributed by atoms with Gasteiger partial charge in [-0.3, -0.25) is 0 Å². The van der Waals surface area contributed by atoms with Gasteiger partial charge in [-0.25, -0.2) is 0 Å². The van der Waals surface area contributed by atoms with Crippen LogP contribution in [-0.4, -0.2) is 18.8 Å². The fraction of sp³-hybridized carbons (Fsp3) is 0.600. The average Bonchev–Trinajstić information content (AvgIpc) is 2.39. The molecule has 3 nitrogen and oxygen atoms in total. The molecule has 0 saturated carbocycles. The van der Waals surface area contributed by atoms with E-state index in [1.165, 1.54) is 0 Å². The third-order valence-corrected chi connectivity index (χ3v) is 3.30. The van der Waals surface area contributed by atoms with Gasteiger partial charge in [0, 0.05) is 11.6 Å². The minimum Gasteiger partial charge on any atom is -0.497 e. The third-order valence-electron chi connectivity index (χ3n) is 3.30. The first-order chi connectivity index (χ1) is 8.62. The summed E-state index contributed by atoms with van der Waals surface area (Å²) in [6.45, 7) is 6.75. The van der Waals surface area contributed by atoms with Crippen LogP contribution >= 0.6 is 0 Å². The van der Waals surface area contributed by atoms with Crippen molar-refractivity contribution >= 4 is 0 Å². The second kappa shape index (κ2) is 7.27. The lowest BCUT2D eigenvalue weighted by atomic mass is 10.0. The molecule has 0 spiro atoms. The fourth-order valence-corrected chi connectivity index (χ4v) is 1.84. The SMILES string of the molecule is CCC(CC)COc1cc(OC)ccc1C(C)O. The first-order valence-electron chi connectivity index (χ1n) is 6.61. The van der Waals surface area contributed by atoms with Crippen molar-refractivity contribution < 1.29 is 14.6 Å². The smallest absolute Gasteiger partial charge is 0.128 e. The molecule has 1 unspecified atom stereocenters. The van der Waals surface area contributed by atoms with Gasteiger partial charge in [-0.2, -0.15) is 0 Å². The first-order valence-corrected chi connectivity index (χ1v) is 6.61. The van der Waals surface area contributed by atoms with Gasteiger partial charge in [-0.05, 0) is 25.0 Å². The molecule has 0 amide bonds. The lowest BCUT2D eigenvalue weighted by Crippen LogP contribution is -2.11. The molecular formula is C15H24O3. The van der Waals surface area contributed by atoms with Crippen molar-refractivity contribution in [3.63, 3.8) is 0 Å². The Bertz CT molecular complexity index is 357. The van der Waals surface area contributed by atoms with E-state index in [-0.39, 0.29) is 0 Å². The molecule has 0 aliphatic heterocycles. The number of hydrogen-bond donors (Lipinski definition) is 1. The molecule has 3 heteroatoms. The zero-order chi connectivity index (χ0) is 13.5. The molecule has 0 aliphatic rings. The van der Waals surface area contributed by atoms with Crippen LogP contribution in [0.25, 0.3) is 0 Å². The first kappa shape index (κ1) is 14.8. The number of rotatable bonds is 7. The second-order valence-electron chi connectivity index (χ2n) is 4.57. The van der Waals surface area contributed by atoms with Crippen LogP contribution in [0.5, 0.6) is 11.5 Å². The maximum Gasteiger partial charge on any atom is 0.128 e. The molecule has 1 aromatic carbocycles. The molecule has 1 rings (SSSR count). The van der Waals surface area contributed by atoms with Gasteiger partial charge in [0.05, 0.1) is 19.8 Å². The topological polar surface area (TPSA) is 38.7 Å². The Morgan fingerprint density at radius 2 is 1.89 bits per heavy atom. The van der Waals surface area contributed by atoms with E-state index in [9.17, 15) is 5.11 Å². The van der Waals surface area contributed by atoms with E-state index in [1.807, 2.05) is 18.2 Å². The van der Waals surface area contributed by atoms with Gasteiger partial charge < -0.3 is 14.6 Å². The molecule has 0 heterocycles. The maximum absolute atomic E-state index is 9.73. The molecule has 1 aromatic rings. The number of methoxy groups -OCH3 is 1. The van der Waals surface area contributed by atoms with E-state index in [0.29, 0.717) is 12.5 Å². The summed E-state index contributed by atoms with van der Waals surface area (Å²) in [6.07, 6.45) is 1.67. The van der Waals surface area contributed by atoms with Gasteiger partial charge in [0.1, 0.15) is 11.5 Å². The van der Waals surface area contributed by atoms with Gasteiger partial charge in [0.2, 0.25) is 0 Å². The largest absolute Gasteiger partial charge is 0.497 e. The molecular weight excluding hydrogens is 228 g/mol. The third kappa shape index (κ3) is 3.91. The van der Waals surface area contributed by atoms with Crippen molar-refractivity contribution in [3.8, 4) is 11.5 Å². The summed E-state index contributed by atoms with van der Waals surface area (Å²) in [5, 5.41) is 9.73. The van der Waals surface area contributed by atoms with Crippen LogP contribution in [0, 0.1) is 5.92 Å². The Labute approximate surface area is 110 Å². The molecule has 1 N–H and O–H groups in total. The van der Waals surface area contributed by atoms with Crippen LogP contribution in [0.4, 0.5) is 0 Å². The summed E-state index contributed by atoms with van der Waals surface area (Å²) in [6, 6.07) is 5.53. The van der Waals surface area contributed by atoms with E-state index in [2.05, 4.69) is 13.8 Å². The van der Waals surface area contributed by atoms with Crippen LogP contribution < -0.4 is 9.47 Å². The van der Waals surface area contributed by atoms with Crippen molar-refractivity contribution in [1.29, 1.82) is 0 Å². The molecule has 0 bridgehead atoms. The van der Waals surface area contributed by atoms with Crippen molar-refractivity contribution in [2.45, 2.75) is 39.7 Å². The van der Waals surface area contributed by atoms with Crippen molar-refractivity contribution in [1.82, 2.24) is 0 Å². The summed E-state index contributed by atoms with van der Waals surface area (Å²) in [4.78, 5) is 0. The summed E-state index contributed by atoms with van der Waals surface area (Å²) in [5.74, 6) is 2.02. The van der Waals surface area contributed by atoms with Crippen LogP contribution in [0.15, 0.2) is 18.2 Å². The predicted molar refractivity (Wildman–Crippen MR) is 73.2 cm³/mol. The minimum absolute atomic E-state index is 0.535. The van der Waals surface area contributed by atoms with Crippen LogP contribution in [0.2, 0.25) is 0 Å². The normalized spacial score (nSPS) is 12.6. The lowest BCUT2D eigenvalue weighted by molar-refractivity contribution is 0.184. The van der Waals surface area contributed by atoms with E-state index in [0.717, 1.165) is 29.9 Å². The Kier molecular flexibility index (Phi) is 5.99. The van der Waals surface area contributed by atoms with Crippen LogP contribution in [0.1, 0.15) is 45.3 Å². The second-order valence-corrected chi connectivity index (χ2v) is 4.57. The molecule has 0 aliphatic carbocycles. The van der Waals surface area contributed by atoms with Crippen LogP contribution in [0.3, 0.4) is 0 Å². The number of benzene rings is 1. The highest BCUT2D eigenvalue weighted by Gasteiger charge is 2.12. The Morgan fingerprint density at radius 1 is 1.22 bits per heavy atom. The Hall–Kier alpha value is -1.22. The highest BCUT2D eigenvalue weighted by atomic mass is 16.5. The van der Waals surface area contributed by atoms with E-state index in [4.69, 9.17) is 9.47 Å². The molecule has 18 heavy (non-hydrogen) atoms. The zero-order valence-electron chi connectivity index (χ0n) is 11.8. The highest BCUT2D eigenvalue weighted by molar-refractivity contribution is 5.41. The summed E-state index contributed by atoms with van der Waals surface area (Å²) in [7, 11) is 1.63. The minimum atomic E-state index is -0.535. The van der Waals surface area contributed by atoms with Gasteiger partial charge in [-0.15, -0.1) is 0 Å². The van der Waals surface area contributed by atoms with Crippen molar-refractivity contribution in [2.75, 3.05) is 13.7 Å². The van der Waals surface area contributed by atoms with Gasteiger partial charge in [-0.1, -0.05) is 26.7 Å². The van der Waals surface area contributed by atoms with Gasteiger partial charge in [0.25, 0.3) is 0 Å². The predicted octanol–water partition coefficient (Wildman–Crippen LogP) is 3.56. The molecule has 0 saturated heterocycles. The Balaban J connectivity index is 2.83. The molecule has 0 fully saturated rings. The van der Waals surface area contributed by atoms with E-state index in [1.54, 1.807) is 14.0 Å². The van der Waals surface area contributed by atoms with Crippen molar-refractivity contribution in [3.05, 3.63) is 23.8 Å². The zero-order valence-corrected chi connectivity index (χ0v) is 11.8. The number of aliphatic hydroxyl groups is 1. The monoisotopic (exact) mass is 252 g/mol. The number of aliphatic hydroxyl groups excluding tert-OH is 1. The summed E-state index contributed by atoms with van der Waals surface area (Å²) >= 11 is 0. The van der Waals surface area contributed by atoms with Gasteiger partial charge >= 0.3 is 0 Å². The summed E-state index contributed by atoms with van der Waals surface area (Å²) in [5.41, 5.74) is 0.807. The fourth-order valence-electron chi connectivity index (χ4n) is 1.84. The van der Waals surface area contributed by atoms with E-state index < -0.39 is 6.10 Å². The molecule has 1 atom stereocenters. The highest BCUT2D eigenvalue weighted by Crippen LogP contribution is 2.30. The molecule has 102 valence electrons. The van der Waals surface area contributed by atoms with E-state index >= 15 is 0 Å². The maximum atomic E-state index is 9.73. The molecule has 0 radical (unpaired) electrons. The standard InChI is InChI=1S/C15H24O3/c1-5-12(6-2)10-18-15-9-13(17-4)7-8-14(15)11(3)16/h7-9,11-12,16H,5-6,10H2,1-4H3. The number of hydrogen-bond acceptors (Lipinski definition) is 3. The van der Waals surface area contributed by atoms with Crippen LogP contribution in [-0.2, 0) is 0 Å². The summed E-state index contributed by atoms with van der Waals surface area (Å²) < 4.78 is 11.0. The quantitative estimate of drug-likeness (QED) is 0.806. The Morgan fingerprint density at radius 3 is 2.39 bits per heavy atom. The van der Waals surface area contributed by atoms with Gasteiger partial charge in [0.15, 0.2) is 0 Å². The number of ether oxygens (including phenoxy) is 2. The van der Waals surface area contributed by atoms with Crippen molar-refractivity contribution in [2.24, 2.45) is 5.92 Å². The average molecular weight is 252 g/mol.